The van der Waals surface area contributed by atoms with E-state index in [0.29, 0.717) is 17.2 Å². The van der Waals surface area contributed by atoms with Gasteiger partial charge in [-0.3, -0.25) is 9.98 Å². The van der Waals surface area contributed by atoms with Crippen LogP contribution in [-0.4, -0.2) is 39.3 Å². The molecule has 1 saturated carbocycles. The third-order valence-electron chi connectivity index (χ3n) is 11.5. The number of aryl methyl sites for hydroxylation is 1. The summed E-state index contributed by atoms with van der Waals surface area (Å²) in [6, 6.07) is 46.1. The van der Waals surface area contributed by atoms with Gasteiger partial charge in [-0.05, 0) is 96.2 Å². The molecule has 6 aromatic carbocycles. The van der Waals surface area contributed by atoms with Crippen molar-refractivity contribution < 1.29 is 10.2 Å². The van der Waals surface area contributed by atoms with E-state index in [4.69, 9.17) is 9.98 Å². The molecule has 0 spiro atoms. The Morgan fingerprint density at radius 1 is 0.566 bits per heavy atom. The molecule has 3 atom stereocenters. The molecule has 1 aromatic heterocycles. The van der Waals surface area contributed by atoms with Gasteiger partial charge in [0.2, 0.25) is 0 Å². The third-order valence-corrected chi connectivity index (χ3v) is 11.5. The zero-order valence-electron chi connectivity index (χ0n) is 29.8. The number of para-hydroxylation sites is 4. The van der Waals surface area contributed by atoms with Gasteiger partial charge in [0.25, 0.3) is 0 Å². The highest BCUT2D eigenvalue weighted by atomic mass is 16.3. The summed E-state index contributed by atoms with van der Waals surface area (Å²) in [6.07, 6.45) is 10.6. The molecule has 1 heterocycles. The van der Waals surface area contributed by atoms with Crippen molar-refractivity contribution in [2.75, 3.05) is 0 Å². The van der Waals surface area contributed by atoms with Crippen molar-refractivity contribution in [2.24, 2.45) is 9.98 Å². The summed E-state index contributed by atoms with van der Waals surface area (Å²) >= 11 is 0. The van der Waals surface area contributed by atoms with Crippen molar-refractivity contribution in [1.82, 2.24) is 4.57 Å². The van der Waals surface area contributed by atoms with Gasteiger partial charge < -0.3 is 14.8 Å². The van der Waals surface area contributed by atoms with Crippen molar-refractivity contribution in [2.45, 2.75) is 62.9 Å². The summed E-state index contributed by atoms with van der Waals surface area (Å²) in [5, 5.41) is 25.5. The highest BCUT2D eigenvalue weighted by Gasteiger charge is 2.25. The maximum absolute atomic E-state index is 11.6. The number of aromatic hydroxyl groups is 2. The zero-order valence-corrected chi connectivity index (χ0v) is 29.8. The molecule has 1 fully saturated rings. The van der Waals surface area contributed by atoms with Gasteiger partial charge in [0, 0.05) is 34.3 Å². The van der Waals surface area contributed by atoms with Crippen LogP contribution in [0, 0.1) is 0 Å². The standard InChI is InChI=1S/C48H43N3O2/c52-47-34(29-33-28-27-32-13-1-2-17-37(32)39-19-4-3-18-38(33)39)14-11-15-35(47)30-49-42-22-7-8-23-43(42)50-31-36-16-12-26-46(48(36)53)51-44-24-9-5-20-40(44)41-21-6-10-25-45(41)51/h1-6,9-21,24-26,30-31,33,42-43,52-53H,7-8,22-23,27-29H2. The normalized spacial score (nSPS) is 18.8. The number of hydrogen-bond donors (Lipinski definition) is 2. The summed E-state index contributed by atoms with van der Waals surface area (Å²) in [6.45, 7) is 0. The summed E-state index contributed by atoms with van der Waals surface area (Å²) in [5.41, 5.74) is 10.6. The molecule has 0 amide bonds. The van der Waals surface area contributed by atoms with Gasteiger partial charge in [-0.15, -0.1) is 0 Å². The van der Waals surface area contributed by atoms with Crippen LogP contribution in [0.4, 0.5) is 0 Å². The lowest BCUT2D eigenvalue weighted by Crippen LogP contribution is -2.27. The first kappa shape index (κ1) is 32.9. The first-order valence-corrected chi connectivity index (χ1v) is 19.0. The molecule has 3 unspecified atom stereocenters. The topological polar surface area (TPSA) is 70.1 Å². The van der Waals surface area contributed by atoms with E-state index in [-0.39, 0.29) is 17.8 Å². The van der Waals surface area contributed by atoms with Gasteiger partial charge in [0.15, 0.2) is 0 Å². The van der Waals surface area contributed by atoms with Crippen LogP contribution in [0.3, 0.4) is 0 Å². The minimum atomic E-state index is -0.00857. The number of nitrogens with zero attached hydrogens (tertiary/aromatic N) is 3. The Morgan fingerprint density at radius 2 is 1.15 bits per heavy atom. The van der Waals surface area contributed by atoms with E-state index in [9.17, 15) is 10.2 Å². The van der Waals surface area contributed by atoms with Gasteiger partial charge in [-0.25, -0.2) is 0 Å². The van der Waals surface area contributed by atoms with Gasteiger partial charge in [-0.2, -0.15) is 0 Å². The van der Waals surface area contributed by atoms with Crippen LogP contribution >= 0.6 is 0 Å². The summed E-state index contributed by atoms with van der Waals surface area (Å²) < 4.78 is 2.14. The van der Waals surface area contributed by atoms with E-state index in [1.165, 1.54) is 22.3 Å². The molecule has 0 saturated heterocycles. The fourth-order valence-electron chi connectivity index (χ4n) is 8.75. The monoisotopic (exact) mass is 693 g/mol. The van der Waals surface area contributed by atoms with Crippen LogP contribution in [0.1, 0.15) is 65.8 Å². The minimum absolute atomic E-state index is 0.00189. The number of hydrogen-bond acceptors (Lipinski definition) is 4. The number of fused-ring (bicyclic) bond motifs is 6. The Balaban J connectivity index is 0.960. The number of aliphatic imine (C=N–C) groups is 2. The number of phenols is 2. The van der Waals surface area contributed by atoms with Crippen molar-refractivity contribution in [1.29, 1.82) is 0 Å². The number of benzene rings is 6. The maximum Gasteiger partial charge on any atom is 0.148 e. The minimum Gasteiger partial charge on any atom is -0.507 e. The van der Waals surface area contributed by atoms with Crippen molar-refractivity contribution in [3.8, 4) is 28.3 Å². The van der Waals surface area contributed by atoms with Crippen LogP contribution in [0.15, 0.2) is 143 Å². The maximum atomic E-state index is 11.6. The Kier molecular flexibility index (Phi) is 8.84. The highest BCUT2D eigenvalue weighted by molar-refractivity contribution is 6.09. The molecule has 2 N–H and O–H groups in total. The predicted molar refractivity (Wildman–Crippen MR) is 218 cm³/mol. The molecule has 5 heteroatoms. The van der Waals surface area contributed by atoms with Gasteiger partial charge in [-0.1, -0.05) is 116 Å². The quantitative estimate of drug-likeness (QED) is 0.163. The van der Waals surface area contributed by atoms with Crippen LogP contribution < -0.4 is 0 Å². The first-order valence-electron chi connectivity index (χ1n) is 19.0. The van der Waals surface area contributed by atoms with Crippen molar-refractivity contribution in [3.05, 3.63) is 161 Å². The molecule has 2 aliphatic carbocycles. The molecular weight excluding hydrogens is 651 g/mol. The molecule has 5 nitrogen and oxygen atoms in total. The lowest BCUT2D eigenvalue weighted by atomic mass is 9.86. The van der Waals surface area contributed by atoms with Crippen molar-refractivity contribution >= 4 is 34.2 Å². The molecule has 262 valence electrons. The first-order chi connectivity index (χ1) is 26.1. The van der Waals surface area contributed by atoms with Gasteiger partial charge >= 0.3 is 0 Å². The zero-order chi connectivity index (χ0) is 35.7. The van der Waals surface area contributed by atoms with Gasteiger partial charge in [0.05, 0.1) is 28.8 Å². The molecule has 2 aliphatic rings. The number of phenolic OH excluding ortho intramolecular Hbond substituents is 2. The van der Waals surface area contributed by atoms with Crippen molar-refractivity contribution in [3.63, 3.8) is 0 Å². The Labute approximate surface area is 310 Å². The summed E-state index contributed by atoms with van der Waals surface area (Å²) in [4.78, 5) is 10.1. The number of rotatable bonds is 7. The van der Waals surface area contributed by atoms with Gasteiger partial charge in [0.1, 0.15) is 11.5 Å². The van der Waals surface area contributed by atoms with E-state index < -0.39 is 0 Å². The second-order valence-corrected chi connectivity index (χ2v) is 14.6. The lowest BCUT2D eigenvalue weighted by molar-refractivity contribution is 0.390. The van der Waals surface area contributed by atoms with E-state index in [1.54, 1.807) is 0 Å². The predicted octanol–water partition coefficient (Wildman–Crippen LogP) is 11.0. The second-order valence-electron chi connectivity index (χ2n) is 14.6. The van der Waals surface area contributed by atoms with Crippen LogP contribution in [-0.2, 0) is 12.8 Å². The summed E-state index contributed by atoms with van der Waals surface area (Å²) in [7, 11) is 0. The Hall–Kier alpha value is -5.94. The van der Waals surface area contributed by atoms with E-state index >= 15 is 0 Å². The molecular formula is C48H43N3O2. The van der Waals surface area contributed by atoms with E-state index in [2.05, 4.69) is 95.6 Å². The highest BCUT2D eigenvalue weighted by Crippen LogP contribution is 2.41. The average molecular weight is 694 g/mol. The molecule has 0 aliphatic heterocycles. The Bertz CT molecular complexity index is 2460. The van der Waals surface area contributed by atoms with E-state index in [0.717, 1.165) is 83.6 Å². The fourth-order valence-corrected chi connectivity index (χ4v) is 8.75. The lowest BCUT2D eigenvalue weighted by Gasteiger charge is -2.25. The second kappa shape index (κ2) is 14.2. The van der Waals surface area contributed by atoms with Crippen LogP contribution in [0.25, 0.3) is 38.6 Å². The molecule has 7 aromatic rings. The summed E-state index contributed by atoms with van der Waals surface area (Å²) in [5.74, 6) is 0.831. The smallest absolute Gasteiger partial charge is 0.148 e. The van der Waals surface area contributed by atoms with Crippen LogP contribution in [0.5, 0.6) is 11.5 Å². The fraction of sp³-hybridized carbons (Fsp3) is 0.208. The average Bonchev–Trinajstić information content (AvgIpc) is 3.45. The SMILES string of the molecule is Oc1c(C=NC2CCCCC2N=Cc2cccc(-n3c4ccccc4c4ccccc43)c2O)cccc1CC1CCc2ccccc2-c2ccccc21. The molecule has 0 radical (unpaired) electrons. The largest absolute Gasteiger partial charge is 0.507 e. The Morgan fingerprint density at radius 3 is 1.87 bits per heavy atom. The molecule has 9 rings (SSSR count). The van der Waals surface area contributed by atoms with Crippen LogP contribution in [0.2, 0.25) is 0 Å². The van der Waals surface area contributed by atoms with E-state index in [1.807, 2.05) is 54.9 Å². The molecule has 53 heavy (non-hydrogen) atoms. The third kappa shape index (κ3) is 6.20. The molecule has 0 bridgehead atoms. The number of aromatic nitrogens is 1.